The van der Waals surface area contributed by atoms with Gasteiger partial charge in [0.05, 0.1) is 12.2 Å². The monoisotopic (exact) mass is 564 g/mol. The Balaban J connectivity index is 1.00. The van der Waals surface area contributed by atoms with Crippen LogP contribution in [0.1, 0.15) is 103 Å². The fourth-order valence-electron chi connectivity index (χ4n) is 11.1. The van der Waals surface area contributed by atoms with E-state index in [0.29, 0.717) is 48.0 Å². The van der Waals surface area contributed by atoms with Crippen LogP contribution in [0.25, 0.3) is 0 Å². The van der Waals surface area contributed by atoms with Crippen LogP contribution < -0.4 is 5.32 Å². The van der Waals surface area contributed by atoms with Crippen molar-refractivity contribution in [3.63, 3.8) is 0 Å². The first-order chi connectivity index (χ1) is 19.7. The third-order valence-electron chi connectivity index (χ3n) is 13.5. The quantitative estimate of drug-likeness (QED) is 0.370. The molecule has 0 aromatic heterocycles. The largest absolute Gasteiger partial charge is 0.393 e. The van der Waals surface area contributed by atoms with E-state index in [2.05, 4.69) is 61.3 Å². The van der Waals surface area contributed by atoms with Crippen molar-refractivity contribution in [2.24, 2.45) is 46.3 Å². The molecule has 1 amide bonds. The highest BCUT2D eigenvalue weighted by Crippen LogP contribution is 2.68. The molecule has 5 heteroatoms. The average molecular weight is 565 g/mol. The van der Waals surface area contributed by atoms with Crippen molar-refractivity contribution >= 4 is 5.91 Å². The molecule has 1 heterocycles. The number of carbonyl (C=O) groups is 1. The number of piperidine rings is 1. The minimum absolute atomic E-state index is 0.0278. The minimum atomic E-state index is -0.249. The number of aliphatic hydroxyl groups excluding tert-OH is 2. The fourth-order valence-corrected chi connectivity index (χ4v) is 11.1. The van der Waals surface area contributed by atoms with Gasteiger partial charge < -0.3 is 15.5 Å². The molecule has 0 unspecified atom stereocenters. The van der Waals surface area contributed by atoms with E-state index in [9.17, 15) is 15.0 Å². The summed E-state index contributed by atoms with van der Waals surface area (Å²) in [6.07, 6.45) is 12.1. The minimum Gasteiger partial charge on any atom is -0.393 e. The highest BCUT2D eigenvalue weighted by Gasteiger charge is 2.63. The van der Waals surface area contributed by atoms with Crippen LogP contribution in [0.3, 0.4) is 0 Å². The molecule has 1 aliphatic heterocycles. The summed E-state index contributed by atoms with van der Waals surface area (Å²) >= 11 is 0. The Labute approximate surface area is 248 Å². The number of likely N-dealkylation sites (tertiary alicyclic amines) is 1. The highest BCUT2D eigenvalue weighted by atomic mass is 16.3. The van der Waals surface area contributed by atoms with Crippen LogP contribution in [-0.2, 0) is 11.3 Å². The molecule has 1 aromatic carbocycles. The van der Waals surface area contributed by atoms with Crippen molar-refractivity contribution in [2.45, 2.75) is 123 Å². The lowest BCUT2D eigenvalue weighted by Gasteiger charge is -2.62. The van der Waals surface area contributed by atoms with Crippen LogP contribution in [0, 0.1) is 46.3 Å². The number of hydrogen-bond donors (Lipinski definition) is 3. The summed E-state index contributed by atoms with van der Waals surface area (Å²) in [6, 6.07) is 11.0. The topological polar surface area (TPSA) is 72.8 Å². The summed E-state index contributed by atoms with van der Waals surface area (Å²) in [5.74, 6) is 3.70. The van der Waals surface area contributed by atoms with Gasteiger partial charge in [0.15, 0.2) is 0 Å². The SMILES string of the molecule is C[C@H](CCC(=O)NC1CCN(Cc2ccccc2)CC1)[C@H]1CC[C@H]2[C@@H]3CC[C@@H]4C[C@H](O)CC[C@]4(C)[C@H]3C[C@H](O)[C@]12C. The molecule has 3 N–H and O–H groups in total. The van der Waals surface area contributed by atoms with Crippen LogP contribution >= 0.6 is 0 Å². The van der Waals surface area contributed by atoms with Crippen LogP contribution in [0.4, 0.5) is 0 Å². The van der Waals surface area contributed by atoms with Gasteiger partial charge in [0.1, 0.15) is 0 Å². The fraction of sp³-hybridized carbons (Fsp3) is 0.806. The van der Waals surface area contributed by atoms with E-state index in [1.807, 2.05) is 0 Å². The van der Waals surface area contributed by atoms with Crippen molar-refractivity contribution in [1.82, 2.24) is 10.2 Å². The molecule has 228 valence electrons. The van der Waals surface area contributed by atoms with Gasteiger partial charge in [-0.05, 0) is 123 Å². The van der Waals surface area contributed by atoms with Gasteiger partial charge in [-0.2, -0.15) is 0 Å². The molecule has 5 aliphatic rings. The Morgan fingerprint density at radius 2 is 1.73 bits per heavy atom. The van der Waals surface area contributed by atoms with Gasteiger partial charge in [-0.25, -0.2) is 0 Å². The molecule has 4 aliphatic carbocycles. The Morgan fingerprint density at radius 1 is 0.976 bits per heavy atom. The molecule has 1 saturated heterocycles. The summed E-state index contributed by atoms with van der Waals surface area (Å²) in [4.78, 5) is 15.5. The maximum atomic E-state index is 13.0. The molecule has 0 spiro atoms. The van der Waals surface area contributed by atoms with E-state index >= 15 is 0 Å². The van der Waals surface area contributed by atoms with Gasteiger partial charge in [-0.15, -0.1) is 0 Å². The zero-order valence-electron chi connectivity index (χ0n) is 25.9. The third-order valence-corrected chi connectivity index (χ3v) is 13.5. The molecule has 1 aromatic rings. The van der Waals surface area contributed by atoms with Gasteiger partial charge in [-0.1, -0.05) is 51.1 Å². The number of nitrogens with one attached hydrogen (secondary N) is 1. The van der Waals surface area contributed by atoms with E-state index in [4.69, 9.17) is 0 Å². The number of hydrogen-bond acceptors (Lipinski definition) is 4. The van der Waals surface area contributed by atoms with Crippen molar-refractivity contribution < 1.29 is 15.0 Å². The Kier molecular flexibility index (Phi) is 8.62. The number of carbonyl (C=O) groups excluding carboxylic acids is 1. The molecule has 10 atom stereocenters. The average Bonchev–Trinajstić information content (AvgIpc) is 3.33. The number of aliphatic hydroxyl groups is 2. The zero-order chi connectivity index (χ0) is 28.8. The molecule has 5 fully saturated rings. The maximum absolute atomic E-state index is 13.0. The number of rotatable bonds is 7. The Bertz CT molecular complexity index is 1040. The van der Waals surface area contributed by atoms with Crippen LogP contribution in [0.15, 0.2) is 30.3 Å². The van der Waals surface area contributed by atoms with Gasteiger partial charge in [-0.3, -0.25) is 9.69 Å². The van der Waals surface area contributed by atoms with E-state index in [0.717, 1.165) is 64.6 Å². The third kappa shape index (κ3) is 5.65. The first kappa shape index (κ1) is 29.6. The standard InChI is InChI=1S/C36H56N2O3/c1-24(9-14-34(41)37-27-16-19-38(20-17-27)23-25-7-5-4-6-8-25)30-12-13-31-29-11-10-26-21-28(39)15-18-35(26,2)32(29)22-33(40)36(30,31)3/h4-8,24,26-33,39-40H,9-23H2,1-3H3,(H,37,41)/t24-,26-,28-,29+,30-,31+,32+,33+,35+,36-/m1/s1. The summed E-state index contributed by atoms with van der Waals surface area (Å²) in [5, 5.41) is 25.6. The molecule has 41 heavy (non-hydrogen) atoms. The zero-order valence-corrected chi connectivity index (χ0v) is 25.9. The highest BCUT2D eigenvalue weighted by molar-refractivity contribution is 5.76. The van der Waals surface area contributed by atoms with Crippen LogP contribution in [0.2, 0.25) is 0 Å². The summed E-state index contributed by atoms with van der Waals surface area (Å²) < 4.78 is 0. The van der Waals surface area contributed by atoms with Crippen molar-refractivity contribution in [3.8, 4) is 0 Å². The normalized spacial score (nSPS) is 42.1. The van der Waals surface area contributed by atoms with Crippen LogP contribution in [0.5, 0.6) is 0 Å². The van der Waals surface area contributed by atoms with Gasteiger partial charge in [0.2, 0.25) is 5.91 Å². The lowest BCUT2D eigenvalue weighted by atomic mass is 9.43. The molecule has 6 rings (SSSR count). The Hall–Kier alpha value is -1.43. The lowest BCUT2D eigenvalue weighted by Crippen LogP contribution is -2.58. The molecule has 4 saturated carbocycles. The van der Waals surface area contributed by atoms with Crippen molar-refractivity contribution in [2.75, 3.05) is 13.1 Å². The van der Waals surface area contributed by atoms with E-state index in [1.54, 1.807) is 0 Å². The number of benzene rings is 1. The summed E-state index contributed by atoms with van der Waals surface area (Å²) in [6.45, 7) is 10.3. The molecule has 0 bridgehead atoms. The molecule has 0 radical (unpaired) electrons. The maximum Gasteiger partial charge on any atom is 0.220 e. The summed E-state index contributed by atoms with van der Waals surface area (Å²) in [7, 11) is 0. The number of amides is 1. The van der Waals surface area contributed by atoms with E-state index in [1.165, 1.54) is 31.2 Å². The second kappa shape index (κ2) is 11.9. The molecule has 5 nitrogen and oxygen atoms in total. The lowest BCUT2D eigenvalue weighted by molar-refractivity contribution is -0.175. The van der Waals surface area contributed by atoms with Crippen molar-refractivity contribution in [1.29, 1.82) is 0 Å². The predicted molar refractivity (Wildman–Crippen MR) is 164 cm³/mol. The second-order valence-corrected chi connectivity index (χ2v) is 15.5. The van der Waals surface area contributed by atoms with Crippen molar-refractivity contribution in [3.05, 3.63) is 35.9 Å². The van der Waals surface area contributed by atoms with Gasteiger partial charge in [0.25, 0.3) is 0 Å². The number of fused-ring (bicyclic) bond motifs is 5. The summed E-state index contributed by atoms with van der Waals surface area (Å²) in [5.41, 5.74) is 1.62. The predicted octanol–water partition coefficient (Wildman–Crippen LogP) is 6.17. The molecular weight excluding hydrogens is 508 g/mol. The van der Waals surface area contributed by atoms with Gasteiger partial charge in [0, 0.05) is 32.1 Å². The first-order valence-electron chi connectivity index (χ1n) is 17.1. The first-order valence-corrected chi connectivity index (χ1v) is 17.1. The van der Waals surface area contributed by atoms with Crippen LogP contribution in [-0.4, -0.2) is 52.4 Å². The second-order valence-electron chi connectivity index (χ2n) is 15.5. The smallest absolute Gasteiger partial charge is 0.220 e. The number of nitrogens with zero attached hydrogens (tertiary/aromatic N) is 1. The Morgan fingerprint density at radius 3 is 2.49 bits per heavy atom. The van der Waals surface area contributed by atoms with E-state index in [-0.39, 0.29) is 28.9 Å². The van der Waals surface area contributed by atoms with Gasteiger partial charge >= 0.3 is 0 Å². The van der Waals surface area contributed by atoms with E-state index < -0.39 is 0 Å². The molecular formula is C36H56N2O3.